The van der Waals surface area contributed by atoms with Crippen LogP contribution in [-0.4, -0.2) is 58.6 Å². The molecule has 0 spiro atoms. The molecule has 1 aliphatic heterocycles. The van der Waals surface area contributed by atoms with Gasteiger partial charge < -0.3 is 29.9 Å². The zero-order chi connectivity index (χ0) is 23.8. The molecule has 0 radical (unpaired) electrons. The van der Waals surface area contributed by atoms with Gasteiger partial charge in [-0.1, -0.05) is 30.3 Å². The van der Waals surface area contributed by atoms with Crippen LogP contribution in [-0.2, 0) is 21.7 Å². The van der Waals surface area contributed by atoms with Crippen LogP contribution in [0.5, 0.6) is 0 Å². The molecule has 2 aromatic carbocycles. The first-order chi connectivity index (χ1) is 15.8. The molecule has 0 aliphatic carbocycles. The molecule has 4 N–H and O–H groups in total. The lowest BCUT2D eigenvalue weighted by molar-refractivity contribution is -0.366. The van der Waals surface area contributed by atoms with Crippen LogP contribution in [0.15, 0.2) is 54.6 Å². The molecule has 33 heavy (non-hydrogen) atoms. The van der Waals surface area contributed by atoms with Gasteiger partial charge in [0.2, 0.25) is 5.79 Å². The third-order valence-electron chi connectivity index (χ3n) is 6.17. The van der Waals surface area contributed by atoms with Crippen molar-refractivity contribution in [1.82, 2.24) is 0 Å². The first-order valence-electron chi connectivity index (χ1n) is 10.6. The summed E-state index contributed by atoms with van der Waals surface area (Å²) in [6.07, 6.45) is -5.18. The van der Waals surface area contributed by atoms with Gasteiger partial charge in [-0.3, -0.25) is 0 Å². The van der Waals surface area contributed by atoms with Crippen molar-refractivity contribution in [3.8, 4) is 10.4 Å². The highest BCUT2D eigenvalue weighted by molar-refractivity contribution is 7.15. The average molecular weight is 475 g/mol. The van der Waals surface area contributed by atoms with Gasteiger partial charge in [-0.05, 0) is 42.3 Å². The van der Waals surface area contributed by atoms with E-state index in [9.17, 15) is 24.8 Å². The zero-order valence-corrected chi connectivity index (χ0v) is 19.1. The Morgan fingerprint density at radius 3 is 2.52 bits per heavy atom. The Kier molecular flexibility index (Phi) is 6.97. The molecule has 1 fully saturated rings. The fraction of sp³-hybridized carbons (Fsp3) is 0.360. The Morgan fingerprint density at radius 1 is 1.06 bits per heavy atom. The highest BCUT2D eigenvalue weighted by Crippen LogP contribution is 2.40. The molecule has 1 unspecified atom stereocenters. The number of halogens is 1. The number of hydrogen-bond donors (Lipinski definition) is 4. The van der Waals surface area contributed by atoms with Crippen LogP contribution in [0, 0.1) is 12.7 Å². The second kappa shape index (κ2) is 9.60. The third kappa shape index (κ3) is 4.36. The number of rotatable bonds is 6. The predicted molar refractivity (Wildman–Crippen MR) is 122 cm³/mol. The fourth-order valence-electron chi connectivity index (χ4n) is 4.21. The van der Waals surface area contributed by atoms with Gasteiger partial charge in [0.15, 0.2) is 0 Å². The summed E-state index contributed by atoms with van der Waals surface area (Å²) in [7, 11) is 1.33. The minimum absolute atomic E-state index is 0.270. The minimum Gasteiger partial charge on any atom is -0.394 e. The fourth-order valence-corrected chi connectivity index (χ4v) is 5.27. The average Bonchev–Trinajstić information content (AvgIpc) is 3.28. The van der Waals surface area contributed by atoms with Crippen LogP contribution < -0.4 is 0 Å². The van der Waals surface area contributed by atoms with E-state index in [-0.39, 0.29) is 5.82 Å². The molecule has 4 rings (SSSR count). The van der Waals surface area contributed by atoms with E-state index in [2.05, 4.69) is 0 Å². The highest BCUT2D eigenvalue weighted by Gasteiger charge is 2.55. The van der Waals surface area contributed by atoms with E-state index >= 15 is 0 Å². The molecule has 0 amide bonds. The Hall–Kier alpha value is -2.17. The van der Waals surface area contributed by atoms with Crippen molar-refractivity contribution < 1.29 is 34.3 Å². The second-order valence-electron chi connectivity index (χ2n) is 8.20. The topological polar surface area (TPSA) is 99.4 Å². The molecular weight excluding hydrogens is 447 g/mol. The van der Waals surface area contributed by atoms with Crippen LogP contribution in [0.25, 0.3) is 10.4 Å². The summed E-state index contributed by atoms with van der Waals surface area (Å²) >= 11 is 1.50. The van der Waals surface area contributed by atoms with Crippen LogP contribution in [0.3, 0.4) is 0 Å². The molecule has 5 atom stereocenters. The van der Waals surface area contributed by atoms with Gasteiger partial charge in [0.25, 0.3) is 0 Å². The lowest BCUT2D eigenvalue weighted by atomic mass is 9.86. The van der Waals surface area contributed by atoms with E-state index in [0.717, 1.165) is 20.9 Å². The van der Waals surface area contributed by atoms with Crippen molar-refractivity contribution in [1.29, 1.82) is 0 Å². The van der Waals surface area contributed by atoms with E-state index < -0.39 is 36.8 Å². The van der Waals surface area contributed by atoms with Crippen LogP contribution in [0.1, 0.15) is 21.6 Å². The maximum Gasteiger partial charge on any atom is 0.224 e. The van der Waals surface area contributed by atoms with Crippen molar-refractivity contribution in [2.45, 2.75) is 43.5 Å². The van der Waals surface area contributed by atoms with Crippen molar-refractivity contribution in [2.24, 2.45) is 0 Å². The standard InChI is InChI=1S/C25H27FO6S/c1-14-7-8-16(25(31-2)24(30)23(29)22(28)20(13-27)32-25)11-15(14)12-17-9-10-21(33-17)18-5-3-4-6-19(18)26/h3-11,20,22-24,27-30H,12-13H2,1-2H3/t20-,22-,23+,24-,25?/m1/s1. The quantitative estimate of drug-likeness (QED) is 0.439. The SMILES string of the molecule is COC1(c2ccc(C)c(Cc3ccc(-c4ccccc4F)s3)c2)O[C@H](CO)[C@@H](O)[C@H](O)[C@H]1O. The smallest absolute Gasteiger partial charge is 0.224 e. The third-order valence-corrected chi connectivity index (χ3v) is 7.29. The lowest BCUT2D eigenvalue weighted by Crippen LogP contribution is -2.64. The number of aliphatic hydroxyl groups is 4. The van der Waals surface area contributed by atoms with E-state index in [4.69, 9.17) is 9.47 Å². The summed E-state index contributed by atoms with van der Waals surface area (Å²) in [5, 5.41) is 40.8. The number of thiophene rings is 1. The summed E-state index contributed by atoms with van der Waals surface area (Å²) < 4.78 is 25.5. The number of methoxy groups -OCH3 is 1. The van der Waals surface area contributed by atoms with Gasteiger partial charge in [0.1, 0.15) is 30.2 Å². The minimum atomic E-state index is -1.76. The van der Waals surface area contributed by atoms with Crippen molar-refractivity contribution in [3.63, 3.8) is 0 Å². The van der Waals surface area contributed by atoms with Gasteiger partial charge in [0.05, 0.1) is 6.61 Å². The number of aliphatic hydroxyl groups excluding tert-OH is 4. The van der Waals surface area contributed by atoms with Gasteiger partial charge in [-0.2, -0.15) is 0 Å². The van der Waals surface area contributed by atoms with Gasteiger partial charge >= 0.3 is 0 Å². The van der Waals surface area contributed by atoms with E-state index in [1.807, 2.05) is 31.2 Å². The van der Waals surface area contributed by atoms with Gasteiger partial charge in [-0.25, -0.2) is 4.39 Å². The van der Waals surface area contributed by atoms with E-state index in [1.54, 1.807) is 24.3 Å². The Morgan fingerprint density at radius 2 is 1.82 bits per heavy atom. The van der Waals surface area contributed by atoms with Crippen LogP contribution >= 0.6 is 11.3 Å². The number of ether oxygens (including phenoxy) is 2. The van der Waals surface area contributed by atoms with Crippen LogP contribution in [0.2, 0.25) is 0 Å². The number of aryl methyl sites for hydroxylation is 1. The second-order valence-corrected chi connectivity index (χ2v) is 9.37. The molecule has 8 heteroatoms. The van der Waals surface area contributed by atoms with Crippen molar-refractivity contribution in [3.05, 3.63) is 82.0 Å². The Labute approximate surface area is 195 Å². The number of hydrogen-bond acceptors (Lipinski definition) is 7. The molecule has 0 saturated carbocycles. The molecule has 1 aliphatic rings. The monoisotopic (exact) mass is 474 g/mol. The highest BCUT2D eigenvalue weighted by atomic mass is 32.1. The molecule has 6 nitrogen and oxygen atoms in total. The lowest BCUT2D eigenvalue weighted by Gasteiger charge is -2.47. The zero-order valence-electron chi connectivity index (χ0n) is 18.3. The maximum absolute atomic E-state index is 14.2. The van der Waals surface area contributed by atoms with Crippen LogP contribution in [0.4, 0.5) is 4.39 Å². The molecule has 1 saturated heterocycles. The summed E-state index contributed by atoms with van der Waals surface area (Å²) in [6.45, 7) is 1.40. The molecule has 176 valence electrons. The van der Waals surface area contributed by atoms with E-state index in [0.29, 0.717) is 17.5 Å². The van der Waals surface area contributed by atoms with Crippen molar-refractivity contribution >= 4 is 11.3 Å². The summed E-state index contributed by atoms with van der Waals surface area (Å²) in [6, 6.07) is 15.9. The van der Waals surface area contributed by atoms with E-state index in [1.165, 1.54) is 24.5 Å². The molecular formula is C25H27FO6S. The molecule has 0 bridgehead atoms. The molecule has 2 heterocycles. The first kappa shape index (κ1) is 24.0. The first-order valence-corrected chi connectivity index (χ1v) is 11.4. The Balaban J connectivity index is 1.66. The van der Waals surface area contributed by atoms with Gasteiger partial charge in [0, 0.05) is 34.4 Å². The number of benzene rings is 2. The molecule has 3 aromatic rings. The summed E-state index contributed by atoms with van der Waals surface area (Å²) in [5.74, 6) is -2.03. The Bertz CT molecular complexity index is 1120. The normalized spacial score (nSPS) is 27.6. The summed E-state index contributed by atoms with van der Waals surface area (Å²) in [4.78, 5) is 1.85. The predicted octanol–water partition coefficient (Wildman–Crippen LogP) is 2.73. The van der Waals surface area contributed by atoms with Crippen molar-refractivity contribution in [2.75, 3.05) is 13.7 Å². The largest absolute Gasteiger partial charge is 0.394 e. The van der Waals surface area contributed by atoms with Gasteiger partial charge in [-0.15, -0.1) is 11.3 Å². The summed E-state index contributed by atoms with van der Waals surface area (Å²) in [5.41, 5.74) is 2.94. The molecule has 1 aromatic heterocycles. The maximum atomic E-state index is 14.2.